The molecule has 202 valence electrons. The summed E-state index contributed by atoms with van der Waals surface area (Å²) in [6.45, 7) is 4.45. The van der Waals surface area contributed by atoms with E-state index in [4.69, 9.17) is 9.47 Å². The molecule has 2 heterocycles. The molecule has 0 radical (unpaired) electrons. The van der Waals surface area contributed by atoms with E-state index < -0.39 is 5.97 Å². The Morgan fingerprint density at radius 1 is 1.15 bits per heavy atom. The van der Waals surface area contributed by atoms with E-state index in [1.165, 1.54) is 7.11 Å². The number of nitrogens with zero attached hydrogens (tertiary/aromatic N) is 3. The molecule has 0 atom stereocenters. The lowest BCUT2D eigenvalue weighted by atomic mass is 9.96. The Morgan fingerprint density at radius 2 is 1.93 bits per heavy atom. The predicted molar refractivity (Wildman–Crippen MR) is 153 cm³/mol. The first-order valence-electron chi connectivity index (χ1n) is 13.5. The van der Waals surface area contributed by atoms with E-state index in [-0.39, 0.29) is 5.56 Å². The molecule has 1 aromatic heterocycles. The number of aromatic nitrogens is 2. The molecule has 0 aliphatic carbocycles. The second-order valence-corrected chi connectivity index (χ2v) is 9.93. The van der Waals surface area contributed by atoms with Gasteiger partial charge in [0.05, 0.1) is 25.3 Å². The Bertz CT molecular complexity index is 1680. The minimum atomic E-state index is -0.458. The molecule has 0 saturated carbocycles. The van der Waals surface area contributed by atoms with Crippen LogP contribution in [0, 0.1) is 18.3 Å². The molecule has 1 aliphatic heterocycles. The van der Waals surface area contributed by atoms with Gasteiger partial charge >= 0.3 is 5.97 Å². The summed E-state index contributed by atoms with van der Waals surface area (Å²) in [5.41, 5.74) is 6.80. The fourth-order valence-corrected chi connectivity index (χ4v) is 5.37. The van der Waals surface area contributed by atoms with E-state index in [0.29, 0.717) is 54.1 Å². The van der Waals surface area contributed by atoms with Gasteiger partial charge in [0.1, 0.15) is 17.1 Å². The second kappa shape index (κ2) is 11.6. The van der Waals surface area contributed by atoms with Crippen LogP contribution in [0.4, 0.5) is 0 Å². The summed E-state index contributed by atoms with van der Waals surface area (Å²) < 4.78 is 12.8. The molecule has 7 nitrogen and oxygen atoms in total. The van der Waals surface area contributed by atoms with Gasteiger partial charge in [-0.15, -0.1) is 0 Å². The standard InChI is InChI=1S/C33H31N3O4/c1-4-5-10-30-28(17-22-11-13-23(14-12-22)27-9-7-6-8-25(27)20-34)32(37)35-21(2)36(30)26-18-24-15-16-40-31(24)29(19-26)33(38)39-3/h6-9,11-14,18-19H,4-5,10,15-17H2,1-3H3. The van der Waals surface area contributed by atoms with E-state index in [1.807, 2.05) is 60.0 Å². The average Bonchev–Trinajstić information content (AvgIpc) is 3.46. The zero-order chi connectivity index (χ0) is 28.2. The third kappa shape index (κ3) is 5.13. The first-order chi connectivity index (χ1) is 19.4. The molecular formula is C33H31N3O4. The number of hydrogen-bond acceptors (Lipinski definition) is 6. The van der Waals surface area contributed by atoms with Crippen molar-refractivity contribution < 1.29 is 14.3 Å². The molecule has 0 amide bonds. The highest BCUT2D eigenvalue weighted by atomic mass is 16.5. The third-order valence-corrected chi connectivity index (χ3v) is 7.36. The first kappa shape index (κ1) is 26.9. The van der Waals surface area contributed by atoms with Crippen LogP contribution in [0.25, 0.3) is 16.8 Å². The van der Waals surface area contributed by atoms with Crippen LogP contribution in [0.5, 0.6) is 5.75 Å². The molecule has 0 fully saturated rings. The summed E-state index contributed by atoms with van der Waals surface area (Å²) in [6, 6.07) is 21.5. The number of hydrogen-bond donors (Lipinski definition) is 0. The van der Waals surface area contributed by atoms with Crippen molar-refractivity contribution in [3.05, 3.63) is 110 Å². The number of methoxy groups -OCH3 is 1. The molecule has 1 aliphatic rings. The molecule has 0 bridgehead atoms. The number of fused-ring (bicyclic) bond motifs is 1. The van der Waals surface area contributed by atoms with E-state index in [9.17, 15) is 14.9 Å². The summed E-state index contributed by atoms with van der Waals surface area (Å²) in [5.74, 6) is 0.675. The fourth-order valence-electron chi connectivity index (χ4n) is 5.37. The number of esters is 1. The minimum Gasteiger partial charge on any atom is -0.492 e. The summed E-state index contributed by atoms with van der Waals surface area (Å²) in [7, 11) is 1.36. The second-order valence-electron chi connectivity index (χ2n) is 9.93. The van der Waals surface area contributed by atoms with Gasteiger partial charge in [-0.1, -0.05) is 55.8 Å². The Hall–Kier alpha value is -4.70. The number of carbonyl (C=O) groups excluding carboxylic acids is 1. The molecule has 40 heavy (non-hydrogen) atoms. The quantitative estimate of drug-likeness (QED) is 0.268. The van der Waals surface area contributed by atoms with Gasteiger partial charge in [-0.05, 0) is 54.7 Å². The molecule has 0 unspecified atom stereocenters. The molecule has 4 aromatic rings. The number of rotatable bonds is 8. The van der Waals surface area contributed by atoms with Crippen LogP contribution in [0.3, 0.4) is 0 Å². The van der Waals surface area contributed by atoms with Gasteiger partial charge in [0.2, 0.25) is 0 Å². The molecule has 0 saturated heterocycles. The summed E-state index contributed by atoms with van der Waals surface area (Å²) >= 11 is 0. The Labute approximate surface area is 233 Å². The maximum Gasteiger partial charge on any atom is 0.341 e. The highest BCUT2D eigenvalue weighted by Crippen LogP contribution is 2.34. The van der Waals surface area contributed by atoms with Crippen molar-refractivity contribution in [2.24, 2.45) is 0 Å². The molecule has 0 N–H and O–H groups in total. The third-order valence-electron chi connectivity index (χ3n) is 7.36. The maximum atomic E-state index is 13.3. The smallest absolute Gasteiger partial charge is 0.341 e. The highest BCUT2D eigenvalue weighted by molar-refractivity contribution is 5.94. The number of carbonyl (C=O) groups is 1. The van der Waals surface area contributed by atoms with Crippen LogP contribution in [-0.2, 0) is 24.0 Å². The van der Waals surface area contributed by atoms with Gasteiger partial charge in [-0.3, -0.25) is 4.79 Å². The first-order valence-corrected chi connectivity index (χ1v) is 13.5. The van der Waals surface area contributed by atoms with Crippen LogP contribution in [0.1, 0.15) is 63.9 Å². The molecular weight excluding hydrogens is 502 g/mol. The lowest BCUT2D eigenvalue weighted by molar-refractivity contribution is 0.0597. The number of nitriles is 1. The van der Waals surface area contributed by atoms with Crippen molar-refractivity contribution in [1.29, 1.82) is 5.26 Å². The lowest BCUT2D eigenvalue weighted by Gasteiger charge is -2.21. The van der Waals surface area contributed by atoms with E-state index >= 15 is 0 Å². The summed E-state index contributed by atoms with van der Waals surface area (Å²) in [5, 5.41) is 9.49. The molecule has 5 rings (SSSR count). The topological polar surface area (TPSA) is 94.2 Å². The number of benzene rings is 3. The van der Waals surface area contributed by atoms with Crippen LogP contribution in [0.15, 0.2) is 65.5 Å². The maximum absolute atomic E-state index is 13.3. The van der Waals surface area contributed by atoms with Gasteiger partial charge in [0.15, 0.2) is 0 Å². The monoisotopic (exact) mass is 533 g/mol. The molecule has 7 heteroatoms. The van der Waals surface area contributed by atoms with E-state index in [2.05, 4.69) is 18.0 Å². The van der Waals surface area contributed by atoms with E-state index in [1.54, 1.807) is 12.1 Å². The van der Waals surface area contributed by atoms with Crippen molar-refractivity contribution in [2.75, 3.05) is 13.7 Å². The van der Waals surface area contributed by atoms with Crippen molar-refractivity contribution in [3.63, 3.8) is 0 Å². The Morgan fingerprint density at radius 3 is 2.65 bits per heavy atom. The summed E-state index contributed by atoms with van der Waals surface area (Å²) in [4.78, 5) is 30.4. The van der Waals surface area contributed by atoms with E-state index in [0.717, 1.165) is 46.5 Å². The molecule has 0 spiro atoms. The number of ether oxygens (including phenoxy) is 2. The number of unbranched alkanes of at least 4 members (excludes halogenated alkanes) is 1. The van der Waals surface area contributed by atoms with Crippen LogP contribution in [0.2, 0.25) is 0 Å². The molecule has 3 aromatic carbocycles. The Balaban J connectivity index is 1.60. The lowest BCUT2D eigenvalue weighted by Crippen LogP contribution is -2.25. The van der Waals surface area contributed by atoms with Gasteiger partial charge in [-0.25, -0.2) is 4.79 Å². The predicted octanol–water partition coefficient (Wildman–Crippen LogP) is 5.73. The van der Waals surface area contributed by atoms with Crippen molar-refractivity contribution in [1.82, 2.24) is 9.55 Å². The van der Waals surface area contributed by atoms with Crippen LogP contribution in [-0.4, -0.2) is 29.2 Å². The largest absolute Gasteiger partial charge is 0.492 e. The SMILES string of the molecule is CCCCc1c(Cc2ccc(-c3ccccc3C#N)cc2)c(=O)nc(C)n1-c1cc2c(c(C(=O)OC)c1)OCC2. The van der Waals surface area contributed by atoms with Gasteiger partial charge < -0.3 is 14.0 Å². The van der Waals surface area contributed by atoms with Crippen molar-refractivity contribution in [3.8, 4) is 28.6 Å². The van der Waals surface area contributed by atoms with Crippen LogP contribution < -0.4 is 10.3 Å². The highest BCUT2D eigenvalue weighted by Gasteiger charge is 2.25. The Kier molecular flexibility index (Phi) is 7.79. The zero-order valence-electron chi connectivity index (χ0n) is 23.0. The average molecular weight is 534 g/mol. The van der Waals surface area contributed by atoms with Gasteiger partial charge in [0, 0.05) is 35.3 Å². The number of aryl methyl sites for hydroxylation is 1. The fraction of sp³-hybridized carbons (Fsp3) is 0.273. The van der Waals surface area contributed by atoms with Crippen molar-refractivity contribution in [2.45, 2.75) is 46.0 Å². The minimum absolute atomic E-state index is 0.239. The normalized spacial score (nSPS) is 11.9. The van der Waals surface area contributed by atoms with Gasteiger partial charge in [-0.2, -0.15) is 10.2 Å². The van der Waals surface area contributed by atoms with Crippen LogP contribution >= 0.6 is 0 Å². The van der Waals surface area contributed by atoms with Gasteiger partial charge in [0.25, 0.3) is 5.56 Å². The summed E-state index contributed by atoms with van der Waals surface area (Å²) in [6.07, 6.45) is 3.67. The van der Waals surface area contributed by atoms with Crippen molar-refractivity contribution >= 4 is 5.97 Å². The zero-order valence-corrected chi connectivity index (χ0v) is 23.0.